The molecule has 10 bridgehead atoms. The number of aliphatic hydroxyl groups is 7. The lowest BCUT2D eigenvalue weighted by atomic mass is 9.30. The second-order valence-corrected chi connectivity index (χ2v) is 37.0. The van der Waals surface area contributed by atoms with Gasteiger partial charge in [-0.3, -0.25) is 9.59 Å². The van der Waals surface area contributed by atoms with E-state index in [1.54, 1.807) is 18.2 Å². The van der Waals surface area contributed by atoms with Crippen LogP contribution < -0.4 is 10.2 Å². The van der Waals surface area contributed by atoms with Gasteiger partial charge in [0.15, 0.2) is 5.78 Å². The van der Waals surface area contributed by atoms with E-state index in [2.05, 4.69) is 63.4 Å². The molecular weight excluding hydrogens is 1220 g/mol. The summed E-state index contributed by atoms with van der Waals surface area (Å²) in [4.78, 5) is 35.8. The number of fused-ring (bicyclic) bond motifs is 5. The van der Waals surface area contributed by atoms with Crippen molar-refractivity contribution in [3.63, 3.8) is 0 Å². The fourth-order valence-corrected chi connectivity index (χ4v) is 30.8. The van der Waals surface area contributed by atoms with Gasteiger partial charge in [0.25, 0.3) is 0 Å². The quantitative estimate of drug-likeness (QED) is 0.0731. The number of phenolic OH excluding ortho intramolecular Hbond substituents is 1. The highest BCUT2D eigenvalue weighted by molar-refractivity contribution is 8.76. The fraction of sp³-hybridized carbons (Fsp3) is 0.792. The number of carbonyl (C=O) groups is 2. The third kappa shape index (κ3) is 8.11. The van der Waals surface area contributed by atoms with E-state index in [0.717, 1.165) is 63.4 Å². The van der Waals surface area contributed by atoms with Crippen LogP contribution in [0, 0.1) is 97.6 Å². The van der Waals surface area contributed by atoms with Crippen molar-refractivity contribution < 1.29 is 64.7 Å². The van der Waals surface area contributed by atoms with Crippen LogP contribution in [0.5, 0.6) is 5.75 Å². The van der Waals surface area contributed by atoms with Crippen LogP contribution in [0.1, 0.15) is 175 Å². The number of carbonyl (C=O) groups excluding carboxylic acids is 2. The van der Waals surface area contributed by atoms with Crippen LogP contribution in [0.15, 0.2) is 65.8 Å². The maximum atomic E-state index is 17.1. The average molecular weight is 1330 g/mol. The number of hydrogen-bond donors (Lipinski definition) is 9. The van der Waals surface area contributed by atoms with Crippen LogP contribution in [0.2, 0.25) is 0 Å². The molecule has 4 saturated heterocycles. The minimum atomic E-state index is -1.80. The van der Waals surface area contributed by atoms with Crippen molar-refractivity contribution in [1.82, 2.24) is 5.32 Å². The van der Waals surface area contributed by atoms with Gasteiger partial charge in [0.05, 0.1) is 54.1 Å². The van der Waals surface area contributed by atoms with E-state index in [-0.39, 0.29) is 96.8 Å². The number of nitrogens with one attached hydrogen (secondary N) is 1. The number of rotatable bonds is 6. The first-order valence-corrected chi connectivity index (χ1v) is 39.7. The summed E-state index contributed by atoms with van der Waals surface area (Å²) in [5, 5.41) is 112. The Balaban J connectivity index is 0.833. The fourth-order valence-electron chi connectivity index (χ4n) is 27.8. The Labute approximate surface area is 563 Å². The van der Waals surface area contributed by atoms with E-state index in [0.29, 0.717) is 119 Å². The Kier molecular flexibility index (Phi) is 15.5. The summed E-state index contributed by atoms with van der Waals surface area (Å²) in [6.45, 7) is 9.03. The number of phenols is 1. The molecule has 1 aromatic rings. The van der Waals surface area contributed by atoms with E-state index < -0.39 is 97.4 Å². The largest absolute Gasteiger partial charge is 0.508 e. The topological polar surface area (TPSA) is 242 Å². The highest BCUT2D eigenvalue weighted by Crippen LogP contribution is 2.83. The number of piperidine rings is 1. The molecule has 8 aliphatic heterocycles. The number of allylic oxidation sites excluding steroid dienone is 3. The number of aromatic hydroxyl groups is 1. The summed E-state index contributed by atoms with van der Waals surface area (Å²) >= 11 is 0. The first-order valence-electron chi connectivity index (χ1n) is 37.3. The first-order chi connectivity index (χ1) is 45.1. The van der Waals surface area contributed by atoms with Crippen molar-refractivity contribution in [3.05, 3.63) is 71.4 Å². The second kappa shape index (κ2) is 22.4. The molecule has 7 saturated carbocycles. The Bertz CT molecular complexity index is 3350. The van der Waals surface area contributed by atoms with E-state index in [1.165, 1.54) is 33.6 Å². The molecular formula is C77H106N2O13S2. The molecule has 0 radical (unpaired) electrons. The molecule has 8 heterocycles. The number of epoxide rings is 1. The lowest BCUT2D eigenvalue weighted by molar-refractivity contribution is -0.317. The van der Waals surface area contributed by atoms with Gasteiger partial charge in [0.2, 0.25) is 5.91 Å². The van der Waals surface area contributed by atoms with Crippen LogP contribution in [0.25, 0.3) is 0 Å². The molecule has 17 heteroatoms. The zero-order valence-corrected chi connectivity index (χ0v) is 57.6. The molecule has 1 aromatic carbocycles. The third-order valence-electron chi connectivity index (χ3n) is 31.9. The number of anilines is 1. The molecule has 514 valence electrons. The maximum Gasteiger partial charge on any atom is 0.234 e. The average Bonchev–Trinajstić information content (AvgIpc) is 0.811. The van der Waals surface area contributed by atoms with Gasteiger partial charge in [-0.15, -0.1) is 0 Å². The number of amides is 1. The molecule has 9 N–H and O–H groups in total. The van der Waals surface area contributed by atoms with E-state index in [4.69, 9.17) is 14.2 Å². The van der Waals surface area contributed by atoms with Crippen LogP contribution in [-0.4, -0.2) is 156 Å². The van der Waals surface area contributed by atoms with Crippen LogP contribution in [-0.2, 0) is 30.2 Å². The minimum absolute atomic E-state index is 0.00476. The lowest BCUT2D eigenvalue weighted by Gasteiger charge is -2.75. The number of nitrogens with zero attached hydrogens (tertiary/aromatic N) is 1. The Morgan fingerprint density at radius 2 is 1.67 bits per heavy atom. The molecule has 19 rings (SSSR count). The zero-order valence-electron chi connectivity index (χ0n) is 56.0. The Hall–Kier alpha value is -2.62. The van der Waals surface area contributed by atoms with Gasteiger partial charge < -0.3 is 65.3 Å². The maximum absolute atomic E-state index is 17.1. The van der Waals surface area contributed by atoms with Crippen LogP contribution >= 0.6 is 21.6 Å². The molecule has 94 heavy (non-hydrogen) atoms. The smallest absolute Gasteiger partial charge is 0.234 e. The number of hydrogen-bond acceptors (Lipinski definition) is 16. The van der Waals surface area contributed by atoms with E-state index >= 15 is 9.59 Å². The molecule has 18 aliphatic rings. The number of ketones is 1. The van der Waals surface area contributed by atoms with Gasteiger partial charge in [0.1, 0.15) is 28.5 Å². The van der Waals surface area contributed by atoms with E-state index in [9.17, 15) is 40.9 Å². The van der Waals surface area contributed by atoms with Gasteiger partial charge in [-0.1, -0.05) is 112 Å². The Morgan fingerprint density at radius 1 is 0.851 bits per heavy atom. The van der Waals surface area contributed by atoms with Gasteiger partial charge in [-0.2, -0.15) is 0 Å². The molecule has 15 nitrogen and oxygen atoms in total. The SMILES string of the molecule is CC(C)[C@@H](C)[C@@H]1O[C@H]1[C@@]1(O)CC=C[C@H]2C[C@H]3C4=CC(=O)[C@@]5(C[C@H]6OCC[C@H]7CCC[C@]7([C@]35C)[C@@]6(O)CO)[C@H](O)SSC[C@@H]3CCC[C@@H](CO)[C@]35C(=O)N(C[C@@]53CC[C@H]([C@H]5C[C@@H]6C=C7C=CCO[C@H]7C[C@H]6C6(CCCCC6)N5)[C@@H]3O)c3cc(O)cc(c3)CC[C@]23[C@@H]1CC[C@@]43O. The van der Waals surface area contributed by atoms with Gasteiger partial charge in [-0.05, 0) is 209 Å². The van der Waals surface area contributed by atoms with E-state index in [1.807, 2.05) is 11.0 Å². The van der Waals surface area contributed by atoms with Gasteiger partial charge >= 0.3 is 0 Å². The molecule has 0 unspecified atom stereocenters. The molecule has 1 amide bonds. The molecule has 26 atom stereocenters. The molecule has 6 spiro atoms. The van der Waals surface area contributed by atoms with Crippen LogP contribution in [0.3, 0.4) is 0 Å². The summed E-state index contributed by atoms with van der Waals surface area (Å²) < 4.78 is 19.9. The van der Waals surface area contributed by atoms with Gasteiger partial charge in [-0.25, -0.2) is 0 Å². The molecule has 10 aliphatic carbocycles. The van der Waals surface area contributed by atoms with Crippen molar-refractivity contribution in [2.24, 2.45) is 97.6 Å². The number of aryl methyl sites for hydroxylation is 1. The Morgan fingerprint density at radius 3 is 2.47 bits per heavy atom. The molecule has 11 fully saturated rings. The lowest BCUT2D eigenvalue weighted by Crippen LogP contribution is -2.80. The number of aliphatic hydroxyl groups excluding tert-OH is 4. The van der Waals surface area contributed by atoms with Crippen molar-refractivity contribution in [1.29, 1.82) is 0 Å². The van der Waals surface area contributed by atoms with Crippen molar-refractivity contribution in [2.75, 3.05) is 43.6 Å². The minimum Gasteiger partial charge on any atom is -0.508 e. The summed E-state index contributed by atoms with van der Waals surface area (Å²) in [7, 11) is 2.74. The number of ether oxygens (including phenoxy) is 3. The first kappa shape index (κ1) is 64.7. The number of benzene rings is 1. The van der Waals surface area contributed by atoms with Crippen molar-refractivity contribution in [2.45, 2.75) is 240 Å². The normalized spacial score (nSPS) is 51.5. The second-order valence-electron chi connectivity index (χ2n) is 34.5. The molecule has 0 aromatic heterocycles. The highest BCUT2D eigenvalue weighted by Gasteiger charge is 2.86. The zero-order chi connectivity index (χ0) is 65.1. The highest BCUT2D eigenvalue weighted by atomic mass is 33.1. The predicted octanol–water partition coefficient (Wildman–Crippen LogP) is 9.84. The van der Waals surface area contributed by atoms with Crippen molar-refractivity contribution in [3.8, 4) is 5.75 Å². The summed E-state index contributed by atoms with van der Waals surface area (Å²) in [6, 6.07) is 5.49. The van der Waals surface area contributed by atoms with Crippen molar-refractivity contribution >= 4 is 39.0 Å². The monoisotopic (exact) mass is 1330 g/mol. The summed E-state index contributed by atoms with van der Waals surface area (Å²) in [6.07, 6.45) is 25.9. The standard InChI is InChI=1S/C77H106N2O13S2/c1-43(2)44(3)63-65(92-63)73(87)23-9-16-49-34-56-57-37-61(83)72(38-62-76(89,42-81)74(68(56,72)4)24-10-15-48(74)20-29-91-62)67(86)94-93-40-51-14-8-13-50(39-80)77(51)66(85)79(52-30-45(31-53(82)35-52)17-26-71(49)60(73)19-27-75(57,71)88)41-69(77)25-18-54(64(69)84)58-33-47-32-46-12-11-28-90-59(46)36-55(47)70(78-58)21-6-5-7-22-70/h9,11-12,16,30-32,35,37,43-44,47-51,54-56,58-60,62-65,67,78,80-82,84,86-89H,5-8,10,13-15,17-29,33-34,36,38-42H2,1-4H3/t44-,47+,48-,49+,50+,51+,54-,55-,56+,58-,59+,60+,62-,63+,64+,65-,67-,68-,69-,71-,72+,73-,74+,75-,76-,77-/m1/s1. The van der Waals surface area contributed by atoms with Crippen LogP contribution in [0.4, 0.5) is 5.69 Å². The summed E-state index contributed by atoms with van der Waals surface area (Å²) in [5.41, 5.74) is -10.6. The third-order valence-corrected chi connectivity index (χ3v) is 34.5. The predicted molar refractivity (Wildman–Crippen MR) is 360 cm³/mol. The van der Waals surface area contributed by atoms with Gasteiger partial charge in [0, 0.05) is 76.9 Å². The summed E-state index contributed by atoms with van der Waals surface area (Å²) in [5.74, 6) is -1.64.